The van der Waals surface area contributed by atoms with Gasteiger partial charge in [-0.1, -0.05) is 18.2 Å². The minimum Gasteiger partial charge on any atom is -0.496 e. The molecule has 0 atom stereocenters. The van der Waals surface area contributed by atoms with E-state index < -0.39 is 0 Å². The van der Waals surface area contributed by atoms with Crippen molar-refractivity contribution in [2.75, 3.05) is 67.1 Å². The molecule has 0 bridgehead atoms. The quantitative estimate of drug-likeness (QED) is 0.496. The number of morpholine rings is 1. The molecule has 0 aliphatic carbocycles. The molecule has 1 aromatic rings. The van der Waals surface area contributed by atoms with Gasteiger partial charge in [0.1, 0.15) is 5.75 Å². The van der Waals surface area contributed by atoms with Crippen LogP contribution in [0.25, 0.3) is 0 Å². The molecule has 1 heterocycles. The number of likely N-dealkylation sites (N-methyl/N-ethyl adjacent to an activating group) is 1. The summed E-state index contributed by atoms with van der Waals surface area (Å²) in [5.74, 6) is 1.41. The fraction of sp³-hybridized carbons (Fsp3) is 0.579. The van der Waals surface area contributed by atoms with Gasteiger partial charge in [0, 0.05) is 45.8 Å². The molecule has 0 unspecified atom stereocenters. The van der Waals surface area contributed by atoms with E-state index in [-0.39, 0.29) is 12.5 Å². The number of amides is 1. The molecule has 1 saturated heterocycles. The number of carbonyl (C=O) groups is 1. The maximum absolute atomic E-state index is 11.9. The van der Waals surface area contributed by atoms with Gasteiger partial charge in [-0.15, -0.1) is 0 Å². The van der Waals surface area contributed by atoms with Crippen molar-refractivity contribution in [2.45, 2.75) is 6.54 Å². The molecule has 1 aliphatic heterocycles. The van der Waals surface area contributed by atoms with Crippen LogP contribution in [-0.2, 0) is 16.1 Å². The molecule has 2 rings (SSSR count). The highest BCUT2D eigenvalue weighted by Crippen LogP contribution is 2.17. The van der Waals surface area contributed by atoms with Crippen LogP contribution in [0.15, 0.2) is 29.3 Å². The van der Waals surface area contributed by atoms with Crippen LogP contribution in [-0.4, -0.2) is 88.8 Å². The first-order valence-corrected chi connectivity index (χ1v) is 9.24. The summed E-state index contributed by atoms with van der Waals surface area (Å²) in [5.41, 5.74) is 0.994. The van der Waals surface area contributed by atoms with Gasteiger partial charge in [0.15, 0.2) is 5.96 Å². The molecule has 150 valence electrons. The van der Waals surface area contributed by atoms with E-state index in [0.29, 0.717) is 12.5 Å². The molecule has 1 fully saturated rings. The maximum Gasteiger partial charge on any atom is 0.241 e. The standard InChI is InChI=1S/C19H31N5O3/c1-23(2)18(25)15-22-19(20-8-9-24-10-12-27-13-11-24)21-14-16-6-4-5-7-17(16)26-3/h4-7H,8-15H2,1-3H3,(H2,20,21,22). The van der Waals surface area contributed by atoms with E-state index in [0.717, 1.165) is 50.7 Å². The minimum absolute atomic E-state index is 0.00466. The lowest BCUT2D eigenvalue weighted by molar-refractivity contribution is -0.127. The lowest BCUT2D eigenvalue weighted by Crippen LogP contribution is -2.46. The number of para-hydroxylation sites is 1. The van der Waals surface area contributed by atoms with Crippen molar-refractivity contribution in [1.82, 2.24) is 20.4 Å². The molecule has 0 saturated carbocycles. The van der Waals surface area contributed by atoms with Crippen LogP contribution in [0.2, 0.25) is 0 Å². The van der Waals surface area contributed by atoms with Crippen molar-refractivity contribution in [3.8, 4) is 5.75 Å². The Labute approximate surface area is 161 Å². The van der Waals surface area contributed by atoms with Crippen LogP contribution >= 0.6 is 0 Å². The first kappa shape index (κ1) is 21.0. The van der Waals surface area contributed by atoms with E-state index in [9.17, 15) is 4.79 Å². The predicted molar refractivity (Wildman–Crippen MR) is 106 cm³/mol. The van der Waals surface area contributed by atoms with Gasteiger partial charge in [-0.2, -0.15) is 0 Å². The van der Waals surface area contributed by atoms with Gasteiger partial charge in [0.2, 0.25) is 5.91 Å². The van der Waals surface area contributed by atoms with E-state index >= 15 is 0 Å². The fourth-order valence-electron chi connectivity index (χ4n) is 2.65. The van der Waals surface area contributed by atoms with Gasteiger partial charge in [0.25, 0.3) is 0 Å². The average Bonchev–Trinajstić information content (AvgIpc) is 2.70. The van der Waals surface area contributed by atoms with Gasteiger partial charge < -0.3 is 25.0 Å². The van der Waals surface area contributed by atoms with Gasteiger partial charge in [-0.3, -0.25) is 9.69 Å². The van der Waals surface area contributed by atoms with Crippen LogP contribution < -0.4 is 15.4 Å². The van der Waals surface area contributed by atoms with Crippen molar-refractivity contribution >= 4 is 11.9 Å². The predicted octanol–water partition coefficient (Wildman–Crippen LogP) is 0.151. The Hall–Kier alpha value is -2.32. The van der Waals surface area contributed by atoms with Gasteiger partial charge in [-0.25, -0.2) is 4.99 Å². The number of hydrogen-bond acceptors (Lipinski definition) is 5. The zero-order valence-corrected chi connectivity index (χ0v) is 16.5. The van der Waals surface area contributed by atoms with Crippen LogP contribution in [0.1, 0.15) is 5.56 Å². The Balaban J connectivity index is 1.93. The van der Waals surface area contributed by atoms with Gasteiger partial charge in [0.05, 0.1) is 33.4 Å². The monoisotopic (exact) mass is 377 g/mol. The maximum atomic E-state index is 11.9. The third kappa shape index (κ3) is 7.44. The molecule has 0 aromatic heterocycles. The number of nitrogens with one attached hydrogen (secondary N) is 2. The van der Waals surface area contributed by atoms with Crippen LogP contribution in [0.4, 0.5) is 0 Å². The lowest BCUT2D eigenvalue weighted by atomic mass is 10.2. The van der Waals surface area contributed by atoms with Crippen LogP contribution in [0.3, 0.4) is 0 Å². The highest BCUT2D eigenvalue weighted by atomic mass is 16.5. The average molecular weight is 377 g/mol. The summed E-state index contributed by atoms with van der Waals surface area (Å²) in [6.45, 7) is 5.77. The van der Waals surface area contributed by atoms with E-state index in [1.165, 1.54) is 0 Å². The molecule has 2 N–H and O–H groups in total. The minimum atomic E-state index is -0.00466. The number of benzene rings is 1. The van der Waals surface area contributed by atoms with Crippen LogP contribution in [0, 0.1) is 0 Å². The molecule has 8 nitrogen and oxygen atoms in total. The van der Waals surface area contributed by atoms with Gasteiger partial charge in [-0.05, 0) is 6.07 Å². The first-order chi connectivity index (χ1) is 13.1. The van der Waals surface area contributed by atoms with E-state index in [2.05, 4.69) is 20.5 Å². The Bertz CT molecular complexity index is 615. The second-order valence-corrected chi connectivity index (χ2v) is 6.50. The number of methoxy groups -OCH3 is 1. The highest BCUT2D eigenvalue weighted by molar-refractivity contribution is 5.86. The summed E-state index contributed by atoms with van der Waals surface area (Å²) >= 11 is 0. The first-order valence-electron chi connectivity index (χ1n) is 9.24. The molecular weight excluding hydrogens is 346 g/mol. The summed E-state index contributed by atoms with van der Waals surface area (Å²) in [6.07, 6.45) is 0. The number of aliphatic imine (C=N–C) groups is 1. The lowest BCUT2D eigenvalue weighted by Gasteiger charge is -2.26. The molecule has 0 spiro atoms. The summed E-state index contributed by atoms with van der Waals surface area (Å²) in [7, 11) is 5.13. The summed E-state index contributed by atoms with van der Waals surface area (Å²) in [4.78, 5) is 20.4. The third-order valence-electron chi connectivity index (χ3n) is 4.33. The SMILES string of the molecule is COc1ccccc1CN=C(NCCN1CCOCC1)NCC(=O)N(C)C. The number of ether oxygens (including phenoxy) is 2. The number of guanidine groups is 1. The molecule has 1 aliphatic rings. The fourth-order valence-corrected chi connectivity index (χ4v) is 2.65. The topological polar surface area (TPSA) is 78.4 Å². The molecule has 8 heteroatoms. The molecule has 1 amide bonds. The second kappa shape index (κ2) is 11.4. The Morgan fingerprint density at radius 3 is 2.70 bits per heavy atom. The number of rotatable bonds is 8. The zero-order chi connectivity index (χ0) is 19.5. The second-order valence-electron chi connectivity index (χ2n) is 6.50. The Kier molecular flexibility index (Phi) is 8.86. The Morgan fingerprint density at radius 2 is 2.00 bits per heavy atom. The number of hydrogen-bond donors (Lipinski definition) is 2. The summed E-state index contributed by atoms with van der Waals surface area (Å²) in [6, 6.07) is 7.79. The zero-order valence-electron chi connectivity index (χ0n) is 16.5. The molecule has 0 radical (unpaired) electrons. The molecule has 1 aromatic carbocycles. The summed E-state index contributed by atoms with van der Waals surface area (Å²) < 4.78 is 10.8. The molecular formula is C19H31N5O3. The van der Waals surface area contributed by atoms with Crippen molar-refractivity contribution in [3.05, 3.63) is 29.8 Å². The van der Waals surface area contributed by atoms with Crippen molar-refractivity contribution in [1.29, 1.82) is 0 Å². The smallest absolute Gasteiger partial charge is 0.241 e. The van der Waals surface area contributed by atoms with Crippen molar-refractivity contribution in [3.63, 3.8) is 0 Å². The highest BCUT2D eigenvalue weighted by Gasteiger charge is 2.11. The van der Waals surface area contributed by atoms with Crippen molar-refractivity contribution in [2.24, 2.45) is 4.99 Å². The molecule has 27 heavy (non-hydrogen) atoms. The summed E-state index contributed by atoms with van der Waals surface area (Å²) in [5, 5.41) is 6.42. The Morgan fingerprint density at radius 1 is 1.26 bits per heavy atom. The van der Waals surface area contributed by atoms with Crippen molar-refractivity contribution < 1.29 is 14.3 Å². The third-order valence-corrected chi connectivity index (χ3v) is 4.33. The normalized spacial score (nSPS) is 15.3. The number of nitrogens with zero attached hydrogens (tertiary/aromatic N) is 3. The number of carbonyl (C=O) groups excluding carboxylic acids is 1. The van der Waals surface area contributed by atoms with E-state index in [1.54, 1.807) is 26.1 Å². The van der Waals surface area contributed by atoms with Gasteiger partial charge >= 0.3 is 0 Å². The van der Waals surface area contributed by atoms with Crippen LogP contribution in [0.5, 0.6) is 5.75 Å². The largest absolute Gasteiger partial charge is 0.496 e. The van der Waals surface area contributed by atoms with E-state index in [1.807, 2.05) is 24.3 Å². The van der Waals surface area contributed by atoms with E-state index in [4.69, 9.17) is 9.47 Å².